The molecule has 2 unspecified atom stereocenters. The van der Waals surface area contributed by atoms with Gasteiger partial charge in [-0.15, -0.1) is 0 Å². The predicted molar refractivity (Wildman–Crippen MR) is 63.4 cm³/mol. The minimum Gasteiger partial charge on any atom is -0.468 e. The van der Waals surface area contributed by atoms with E-state index in [1.54, 1.807) is 0 Å². The van der Waals surface area contributed by atoms with Gasteiger partial charge in [0.05, 0.1) is 12.5 Å². The predicted octanol–water partition coefficient (Wildman–Crippen LogP) is 2.75. The van der Waals surface area contributed by atoms with E-state index in [1.807, 2.05) is 0 Å². The van der Waals surface area contributed by atoms with Gasteiger partial charge in [-0.2, -0.15) is 0 Å². The third-order valence-electron chi connectivity index (χ3n) is 3.72. The number of hydrogen-bond donors (Lipinski definition) is 0. The van der Waals surface area contributed by atoms with Gasteiger partial charge in [-0.05, 0) is 37.3 Å². The summed E-state index contributed by atoms with van der Waals surface area (Å²) < 4.78 is 4.95. The third kappa shape index (κ3) is 1.44. The summed E-state index contributed by atoms with van der Waals surface area (Å²) in [6.45, 7) is 6.24. The number of benzene rings is 1. The monoisotopic (exact) mass is 218 g/mol. The molecule has 0 heterocycles. The fourth-order valence-corrected chi connectivity index (χ4v) is 2.69. The van der Waals surface area contributed by atoms with E-state index < -0.39 is 0 Å². The standard InChI is InChI=1S/C14H18O2/c1-9-5-6-12(10(2)7-9)14(8-11(14)3)13(15)16-4/h5-7,11H,8H2,1-4H3. The molecule has 2 atom stereocenters. The van der Waals surface area contributed by atoms with Crippen molar-refractivity contribution in [1.29, 1.82) is 0 Å². The zero-order valence-electron chi connectivity index (χ0n) is 10.3. The Morgan fingerprint density at radius 2 is 2.06 bits per heavy atom. The molecule has 86 valence electrons. The van der Waals surface area contributed by atoms with Crippen molar-refractivity contribution in [2.75, 3.05) is 7.11 Å². The first-order valence-electron chi connectivity index (χ1n) is 5.68. The molecular weight excluding hydrogens is 200 g/mol. The van der Waals surface area contributed by atoms with Crippen molar-refractivity contribution in [1.82, 2.24) is 0 Å². The van der Waals surface area contributed by atoms with E-state index in [0.29, 0.717) is 5.92 Å². The SMILES string of the molecule is COC(=O)C1(c2ccc(C)cc2C)CC1C. The van der Waals surface area contributed by atoms with Crippen LogP contribution in [0.4, 0.5) is 0 Å². The Balaban J connectivity index is 2.47. The van der Waals surface area contributed by atoms with Gasteiger partial charge in [0.1, 0.15) is 0 Å². The molecule has 1 aromatic carbocycles. The molecule has 0 spiro atoms. The van der Waals surface area contributed by atoms with Crippen LogP contribution in [0.15, 0.2) is 18.2 Å². The van der Waals surface area contributed by atoms with Crippen LogP contribution >= 0.6 is 0 Å². The third-order valence-corrected chi connectivity index (χ3v) is 3.72. The summed E-state index contributed by atoms with van der Waals surface area (Å²) in [4.78, 5) is 11.9. The van der Waals surface area contributed by atoms with Crippen molar-refractivity contribution in [3.8, 4) is 0 Å². The molecule has 0 aliphatic heterocycles. The van der Waals surface area contributed by atoms with E-state index in [-0.39, 0.29) is 11.4 Å². The second-order valence-corrected chi connectivity index (χ2v) is 4.89. The van der Waals surface area contributed by atoms with Gasteiger partial charge in [-0.1, -0.05) is 30.7 Å². The lowest BCUT2D eigenvalue weighted by Crippen LogP contribution is -2.25. The van der Waals surface area contributed by atoms with Crippen LogP contribution < -0.4 is 0 Å². The van der Waals surface area contributed by atoms with Crippen LogP contribution in [0.2, 0.25) is 0 Å². The molecule has 1 aliphatic carbocycles. The maximum Gasteiger partial charge on any atom is 0.316 e. The number of esters is 1. The zero-order valence-corrected chi connectivity index (χ0v) is 10.3. The normalized spacial score (nSPS) is 27.6. The maximum absolute atomic E-state index is 11.9. The largest absolute Gasteiger partial charge is 0.468 e. The van der Waals surface area contributed by atoms with Crippen LogP contribution in [0.1, 0.15) is 30.0 Å². The van der Waals surface area contributed by atoms with Gasteiger partial charge in [-0.25, -0.2) is 0 Å². The van der Waals surface area contributed by atoms with E-state index in [2.05, 4.69) is 39.0 Å². The molecule has 1 fully saturated rings. The lowest BCUT2D eigenvalue weighted by atomic mass is 9.89. The zero-order chi connectivity index (χ0) is 11.9. The highest BCUT2D eigenvalue weighted by Crippen LogP contribution is 2.55. The first-order chi connectivity index (χ1) is 7.52. The fourth-order valence-electron chi connectivity index (χ4n) is 2.69. The lowest BCUT2D eigenvalue weighted by molar-refractivity contribution is -0.144. The molecule has 16 heavy (non-hydrogen) atoms. The van der Waals surface area contributed by atoms with E-state index >= 15 is 0 Å². The van der Waals surface area contributed by atoms with Crippen molar-refractivity contribution >= 4 is 5.97 Å². The number of ether oxygens (including phenoxy) is 1. The molecular formula is C14H18O2. The molecule has 1 aromatic rings. The summed E-state index contributed by atoms with van der Waals surface area (Å²) in [5.74, 6) is 0.299. The Hall–Kier alpha value is -1.31. The van der Waals surface area contributed by atoms with Gasteiger partial charge >= 0.3 is 5.97 Å². The quantitative estimate of drug-likeness (QED) is 0.713. The van der Waals surface area contributed by atoms with Crippen LogP contribution in [-0.4, -0.2) is 13.1 Å². The van der Waals surface area contributed by atoms with Gasteiger partial charge in [0, 0.05) is 0 Å². The maximum atomic E-state index is 11.9. The van der Waals surface area contributed by atoms with E-state index in [0.717, 1.165) is 12.0 Å². The summed E-state index contributed by atoms with van der Waals surface area (Å²) in [5, 5.41) is 0. The molecule has 0 aromatic heterocycles. The minimum atomic E-state index is -0.369. The van der Waals surface area contributed by atoms with Gasteiger partial charge in [0.2, 0.25) is 0 Å². The highest BCUT2D eigenvalue weighted by molar-refractivity contribution is 5.87. The number of rotatable bonds is 2. The molecule has 0 radical (unpaired) electrons. The Morgan fingerprint density at radius 1 is 1.44 bits per heavy atom. The van der Waals surface area contributed by atoms with Crippen molar-refractivity contribution in [3.63, 3.8) is 0 Å². The topological polar surface area (TPSA) is 26.3 Å². The molecule has 0 N–H and O–H groups in total. The summed E-state index contributed by atoms with van der Waals surface area (Å²) in [6, 6.07) is 6.27. The van der Waals surface area contributed by atoms with Crippen LogP contribution in [-0.2, 0) is 14.9 Å². The highest BCUT2D eigenvalue weighted by atomic mass is 16.5. The summed E-state index contributed by atoms with van der Waals surface area (Å²) in [7, 11) is 1.47. The van der Waals surface area contributed by atoms with Crippen molar-refractivity contribution in [2.45, 2.75) is 32.6 Å². The summed E-state index contributed by atoms with van der Waals surface area (Å²) in [5.41, 5.74) is 3.19. The molecule has 1 aliphatic rings. The number of carbonyl (C=O) groups excluding carboxylic acids is 1. The first-order valence-corrected chi connectivity index (χ1v) is 5.68. The van der Waals surface area contributed by atoms with Gasteiger partial charge in [0.25, 0.3) is 0 Å². The number of aryl methyl sites for hydroxylation is 2. The smallest absolute Gasteiger partial charge is 0.316 e. The summed E-state index contributed by atoms with van der Waals surface area (Å²) >= 11 is 0. The average Bonchev–Trinajstić information content (AvgIpc) is 2.90. The Kier molecular flexibility index (Phi) is 2.53. The average molecular weight is 218 g/mol. The van der Waals surface area contributed by atoms with Gasteiger partial charge < -0.3 is 4.74 Å². The Morgan fingerprint density at radius 3 is 2.50 bits per heavy atom. The number of carbonyl (C=O) groups is 1. The van der Waals surface area contributed by atoms with E-state index in [4.69, 9.17) is 4.74 Å². The number of hydrogen-bond acceptors (Lipinski definition) is 2. The first kappa shape index (κ1) is 11.2. The van der Waals surface area contributed by atoms with Crippen molar-refractivity contribution in [2.24, 2.45) is 5.92 Å². The number of methoxy groups -OCH3 is 1. The highest BCUT2D eigenvalue weighted by Gasteiger charge is 2.60. The van der Waals surface area contributed by atoms with Gasteiger partial charge in [-0.3, -0.25) is 4.79 Å². The van der Waals surface area contributed by atoms with Crippen LogP contribution in [0.5, 0.6) is 0 Å². The van der Waals surface area contributed by atoms with Crippen LogP contribution in [0.25, 0.3) is 0 Å². The molecule has 1 saturated carbocycles. The molecule has 0 bridgehead atoms. The minimum absolute atomic E-state index is 0.0908. The molecule has 0 saturated heterocycles. The molecule has 2 nitrogen and oxygen atoms in total. The van der Waals surface area contributed by atoms with E-state index in [9.17, 15) is 4.79 Å². The van der Waals surface area contributed by atoms with Crippen LogP contribution in [0, 0.1) is 19.8 Å². The summed E-state index contributed by atoms with van der Waals surface area (Å²) in [6.07, 6.45) is 0.906. The van der Waals surface area contributed by atoms with E-state index in [1.165, 1.54) is 18.2 Å². The van der Waals surface area contributed by atoms with Crippen molar-refractivity contribution in [3.05, 3.63) is 34.9 Å². The molecule has 2 heteroatoms. The Labute approximate surface area is 96.6 Å². The fraction of sp³-hybridized carbons (Fsp3) is 0.500. The van der Waals surface area contributed by atoms with Crippen LogP contribution in [0.3, 0.4) is 0 Å². The Bertz CT molecular complexity index is 436. The second kappa shape index (κ2) is 3.62. The lowest BCUT2D eigenvalue weighted by Gasteiger charge is -2.17. The molecule has 0 amide bonds. The molecule has 2 rings (SSSR count). The second-order valence-electron chi connectivity index (χ2n) is 4.89. The van der Waals surface area contributed by atoms with Crippen molar-refractivity contribution < 1.29 is 9.53 Å². The van der Waals surface area contributed by atoms with Gasteiger partial charge in [0.15, 0.2) is 0 Å².